The Balaban J connectivity index is 1.84. The van der Waals surface area contributed by atoms with Crippen LogP contribution in [0, 0.1) is 11.8 Å². The number of piperidine rings is 3. The van der Waals surface area contributed by atoms with Gasteiger partial charge in [-0.2, -0.15) is 0 Å². The molecule has 4 rings (SSSR count). The van der Waals surface area contributed by atoms with Gasteiger partial charge in [0, 0.05) is 12.5 Å². The normalized spacial score (nSPS) is 30.2. The Kier molecular flexibility index (Phi) is 4.20. The molecule has 110 valence electrons. The van der Waals surface area contributed by atoms with Crippen molar-refractivity contribution in [3.63, 3.8) is 0 Å². The summed E-state index contributed by atoms with van der Waals surface area (Å²) in [7, 11) is 1.65. The van der Waals surface area contributed by atoms with Crippen LogP contribution in [0.15, 0.2) is 18.2 Å². The standard InChI is InChI=1S/C16H23ClN2O/c1-20-16-3-2-12(8-15(16)17)13(9-18)14-10-19-6-4-11(14)5-7-19/h2-3,8,11,13-14H,4-7,9-10,18H2,1H3. The van der Waals surface area contributed by atoms with E-state index in [0.29, 0.717) is 23.4 Å². The first kappa shape index (κ1) is 14.2. The molecule has 2 bridgehead atoms. The van der Waals surface area contributed by atoms with Crippen molar-refractivity contribution >= 4 is 11.6 Å². The number of nitrogens with two attached hydrogens (primary N) is 1. The van der Waals surface area contributed by atoms with E-state index in [2.05, 4.69) is 11.0 Å². The van der Waals surface area contributed by atoms with Crippen LogP contribution in [0.1, 0.15) is 24.3 Å². The monoisotopic (exact) mass is 294 g/mol. The number of methoxy groups -OCH3 is 1. The van der Waals surface area contributed by atoms with Crippen molar-refractivity contribution in [3.8, 4) is 5.75 Å². The Hall–Kier alpha value is -0.770. The van der Waals surface area contributed by atoms with E-state index in [1.807, 2.05) is 12.1 Å². The van der Waals surface area contributed by atoms with Crippen LogP contribution in [0.2, 0.25) is 5.02 Å². The molecule has 0 spiro atoms. The summed E-state index contributed by atoms with van der Waals surface area (Å²) in [4.78, 5) is 2.58. The van der Waals surface area contributed by atoms with Crippen molar-refractivity contribution in [2.75, 3.05) is 33.3 Å². The molecule has 3 heterocycles. The number of ether oxygens (including phenoxy) is 1. The molecule has 3 fully saturated rings. The van der Waals surface area contributed by atoms with E-state index < -0.39 is 0 Å². The molecule has 2 N–H and O–H groups in total. The summed E-state index contributed by atoms with van der Waals surface area (Å²) >= 11 is 6.27. The van der Waals surface area contributed by atoms with Gasteiger partial charge in [0.25, 0.3) is 0 Å². The summed E-state index contributed by atoms with van der Waals surface area (Å²) in [5.74, 6) is 2.65. The molecule has 20 heavy (non-hydrogen) atoms. The number of hydrogen-bond acceptors (Lipinski definition) is 3. The molecule has 0 amide bonds. The number of hydrogen-bond donors (Lipinski definition) is 1. The van der Waals surface area contributed by atoms with Gasteiger partial charge in [0.2, 0.25) is 0 Å². The summed E-state index contributed by atoms with van der Waals surface area (Å²) < 4.78 is 5.24. The molecule has 0 radical (unpaired) electrons. The van der Waals surface area contributed by atoms with Crippen molar-refractivity contribution < 1.29 is 4.74 Å². The number of fused-ring (bicyclic) bond motifs is 3. The van der Waals surface area contributed by atoms with Gasteiger partial charge in [0.15, 0.2) is 0 Å². The maximum atomic E-state index is 6.27. The minimum atomic E-state index is 0.409. The number of halogens is 1. The SMILES string of the molecule is COc1ccc(C(CN)C2CN3CCC2CC3)cc1Cl. The van der Waals surface area contributed by atoms with E-state index in [9.17, 15) is 0 Å². The predicted molar refractivity (Wildman–Crippen MR) is 82.5 cm³/mol. The smallest absolute Gasteiger partial charge is 0.137 e. The third-order valence-corrected chi connectivity index (χ3v) is 5.38. The summed E-state index contributed by atoms with van der Waals surface area (Å²) in [6.45, 7) is 4.41. The molecule has 3 saturated heterocycles. The van der Waals surface area contributed by atoms with E-state index in [4.69, 9.17) is 22.1 Å². The summed E-state index contributed by atoms with van der Waals surface area (Å²) in [6, 6.07) is 6.12. The Labute approximate surface area is 126 Å². The molecular weight excluding hydrogens is 272 g/mol. The van der Waals surface area contributed by atoms with Gasteiger partial charge in [0.05, 0.1) is 12.1 Å². The highest BCUT2D eigenvalue weighted by atomic mass is 35.5. The molecule has 2 atom stereocenters. The summed E-state index contributed by atoms with van der Waals surface area (Å²) in [5.41, 5.74) is 7.36. The zero-order chi connectivity index (χ0) is 14.1. The highest BCUT2D eigenvalue weighted by Crippen LogP contribution is 2.41. The average Bonchev–Trinajstić information content (AvgIpc) is 2.49. The molecule has 2 unspecified atom stereocenters. The van der Waals surface area contributed by atoms with Crippen LogP contribution in [-0.4, -0.2) is 38.2 Å². The Bertz CT molecular complexity index is 472. The van der Waals surface area contributed by atoms with Gasteiger partial charge < -0.3 is 15.4 Å². The second-order valence-electron chi connectivity index (χ2n) is 6.04. The first-order chi connectivity index (χ1) is 9.72. The maximum absolute atomic E-state index is 6.27. The van der Waals surface area contributed by atoms with Crippen LogP contribution in [0.5, 0.6) is 5.75 Å². The third kappa shape index (κ3) is 2.54. The molecule has 1 aromatic rings. The minimum absolute atomic E-state index is 0.409. The van der Waals surface area contributed by atoms with Crippen LogP contribution < -0.4 is 10.5 Å². The fourth-order valence-electron chi connectivity index (χ4n) is 3.94. The quantitative estimate of drug-likeness (QED) is 0.928. The Morgan fingerprint density at radius 1 is 1.40 bits per heavy atom. The van der Waals surface area contributed by atoms with Gasteiger partial charge in [0.1, 0.15) is 5.75 Å². The van der Waals surface area contributed by atoms with E-state index in [1.165, 1.54) is 38.0 Å². The van der Waals surface area contributed by atoms with Gasteiger partial charge in [-0.1, -0.05) is 17.7 Å². The van der Waals surface area contributed by atoms with Crippen LogP contribution >= 0.6 is 11.6 Å². The highest BCUT2D eigenvalue weighted by Gasteiger charge is 2.38. The number of rotatable bonds is 4. The van der Waals surface area contributed by atoms with Crippen LogP contribution in [0.3, 0.4) is 0 Å². The fourth-order valence-corrected chi connectivity index (χ4v) is 4.20. The lowest BCUT2D eigenvalue weighted by molar-refractivity contribution is 0.0379. The minimum Gasteiger partial charge on any atom is -0.495 e. The molecule has 0 saturated carbocycles. The second kappa shape index (κ2) is 5.92. The predicted octanol–water partition coefficient (Wildman–Crippen LogP) is 2.73. The largest absolute Gasteiger partial charge is 0.495 e. The van der Waals surface area contributed by atoms with Crippen molar-refractivity contribution in [2.45, 2.75) is 18.8 Å². The Morgan fingerprint density at radius 2 is 2.15 bits per heavy atom. The van der Waals surface area contributed by atoms with Crippen molar-refractivity contribution in [3.05, 3.63) is 28.8 Å². The molecule has 3 aliphatic rings. The van der Waals surface area contributed by atoms with Gasteiger partial charge in [-0.25, -0.2) is 0 Å². The second-order valence-corrected chi connectivity index (χ2v) is 6.45. The molecule has 0 aliphatic carbocycles. The average molecular weight is 295 g/mol. The highest BCUT2D eigenvalue weighted by molar-refractivity contribution is 6.32. The molecular formula is C16H23ClN2O. The first-order valence-electron chi connectivity index (χ1n) is 7.48. The van der Waals surface area contributed by atoms with Crippen LogP contribution in [0.4, 0.5) is 0 Å². The van der Waals surface area contributed by atoms with Crippen molar-refractivity contribution in [1.29, 1.82) is 0 Å². The van der Waals surface area contributed by atoms with Crippen LogP contribution in [0.25, 0.3) is 0 Å². The molecule has 1 aromatic carbocycles. The molecule has 3 nitrogen and oxygen atoms in total. The maximum Gasteiger partial charge on any atom is 0.137 e. The Morgan fingerprint density at radius 3 is 2.65 bits per heavy atom. The van der Waals surface area contributed by atoms with Crippen molar-refractivity contribution in [1.82, 2.24) is 4.90 Å². The van der Waals surface area contributed by atoms with E-state index in [1.54, 1.807) is 7.11 Å². The summed E-state index contributed by atoms with van der Waals surface area (Å²) in [5, 5.41) is 0.685. The zero-order valence-electron chi connectivity index (χ0n) is 12.0. The number of nitrogens with zero attached hydrogens (tertiary/aromatic N) is 1. The third-order valence-electron chi connectivity index (χ3n) is 5.08. The van der Waals surface area contributed by atoms with Crippen molar-refractivity contribution in [2.24, 2.45) is 17.6 Å². The van der Waals surface area contributed by atoms with Gasteiger partial charge in [-0.15, -0.1) is 0 Å². The number of benzene rings is 1. The fraction of sp³-hybridized carbons (Fsp3) is 0.625. The van der Waals surface area contributed by atoms with E-state index in [-0.39, 0.29) is 0 Å². The van der Waals surface area contributed by atoms with Crippen LogP contribution in [-0.2, 0) is 0 Å². The lowest BCUT2D eigenvalue weighted by Crippen LogP contribution is -2.50. The first-order valence-corrected chi connectivity index (χ1v) is 7.86. The lowest BCUT2D eigenvalue weighted by atomic mass is 9.70. The van der Waals surface area contributed by atoms with Gasteiger partial charge in [-0.3, -0.25) is 0 Å². The van der Waals surface area contributed by atoms with E-state index in [0.717, 1.165) is 11.7 Å². The zero-order valence-corrected chi connectivity index (χ0v) is 12.8. The topological polar surface area (TPSA) is 38.5 Å². The van der Waals surface area contributed by atoms with Gasteiger partial charge in [-0.05, 0) is 62.0 Å². The molecule has 0 aromatic heterocycles. The summed E-state index contributed by atoms with van der Waals surface area (Å²) in [6.07, 6.45) is 2.65. The van der Waals surface area contributed by atoms with E-state index >= 15 is 0 Å². The van der Waals surface area contributed by atoms with Gasteiger partial charge >= 0.3 is 0 Å². The molecule has 4 heteroatoms. The lowest BCUT2D eigenvalue weighted by Gasteiger charge is -2.47. The molecule has 3 aliphatic heterocycles.